The smallest absolute Gasteiger partial charge is 0.227 e. The number of ether oxygens (including phenoxy) is 1. The number of carbonyl (C=O) groups excluding carboxylic acids is 1. The van der Waals surface area contributed by atoms with Gasteiger partial charge in [-0.05, 0) is 47.9 Å². The SMILES string of the molecule is Cc1nc(COc2ccc(CNc3ccc4c(c3)CCC(=O)N4C)cc2)no1. The van der Waals surface area contributed by atoms with Crippen LogP contribution in [-0.2, 0) is 24.4 Å². The van der Waals surface area contributed by atoms with Crippen molar-refractivity contribution in [3.05, 3.63) is 65.3 Å². The molecule has 3 aromatic rings. The molecule has 1 aliphatic rings. The largest absolute Gasteiger partial charge is 0.485 e. The molecular formula is C21H22N4O3. The lowest BCUT2D eigenvalue weighted by Gasteiger charge is -2.26. The number of benzene rings is 2. The molecule has 144 valence electrons. The van der Waals surface area contributed by atoms with Gasteiger partial charge in [0.15, 0.2) is 6.61 Å². The lowest BCUT2D eigenvalue weighted by atomic mass is 10.0. The van der Waals surface area contributed by atoms with Crippen molar-refractivity contribution in [2.24, 2.45) is 0 Å². The summed E-state index contributed by atoms with van der Waals surface area (Å²) in [7, 11) is 1.83. The Labute approximate surface area is 163 Å². The van der Waals surface area contributed by atoms with Gasteiger partial charge in [-0.3, -0.25) is 4.79 Å². The van der Waals surface area contributed by atoms with Crippen molar-refractivity contribution >= 4 is 17.3 Å². The Bertz CT molecular complexity index is 982. The molecule has 2 aromatic carbocycles. The maximum Gasteiger partial charge on any atom is 0.227 e. The number of rotatable bonds is 6. The van der Waals surface area contributed by atoms with Crippen molar-refractivity contribution in [3.8, 4) is 5.75 Å². The lowest BCUT2D eigenvalue weighted by molar-refractivity contribution is -0.118. The predicted molar refractivity (Wildman–Crippen MR) is 105 cm³/mol. The van der Waals surface area contributed by atoms with Crippen LogP contribution in [0.5, 0.6) is 5.75 Å². The number of fused-ring (bicyclic) bond motifs is 1. The second-order valence-corrected chi connectivity index (χ2v) is 6.81. The van der Waals surface area contributed by atoms with Gasteiger partial charge in [0.1, 0.15) is 5.75 Å². The number of carbonyl (C=O) groups is 1. The second kappa shape index (κ2) is 7.72. The Balaban J connectivity index is 1.33. The van der Waals surface area contributed by atoms with Gasteiger partial charge >= 0.3 is 0 Å². The van der Waals surface area contributed by atoms with E-state index in [-0.39, 0.29) is 12.5 Å². The molecule has 4 rings (SSSR count). The predicted octanol–water partition coefficient (Wildman–Crippen LogP) is 3.48. The van der Waals surface area contributed by atoms with Crippen LogP contribution in [0.25, 0.3) is 0 Å². The number of aryl methyl sites for hydroxylation is 2. The van der Waals surface area contributed by atoms with E-state index in [0.717, 1.165) is 29.1 Å². The molecule has 28 heavy (non-hydrogen) atoms. The van der Waals surface area contributed by atoms with Crippen LogP contribution in [0.3, 0.4) is 0 Å². The maximum atomic E-state index is 11.8. The number of hydrogen-bond donors (Lipinski definition) is 1. The van der Waals surface area contributed by atoms with Crippen LogP contribution in [0.1, 0.15) is 29.3 Å². The van der Waals surface area contributed by atoms with Crippen LogP contribution >= 0.6 is 0 Å². The number of nitrogens with one attached hydrogen (secondary N) is 1. The van der Waals surface area contributed by atoms with Crippen LogP contribution in [0.15, 0.2) is 47.0 Å². The molecule has 7 heteroatoms. The highest BCUT2D eigenvalue weighted by molar-refractivity contribution is 5.96. The zero-order valence-corrected chi connectivity index (χ0v) is 15.9. The summed E-state index contributed by atoms with van der Waals surface area (Å²) >= 11 is 0. The number of amides is 1. The summed E-state index contributed by atoms with van der Waals surface area (Å²) in [6.07, 6.45) is 1.36. The third-order valence-corrected chi connectivity index (χ3v) is 4.78. The summed E-state index contributed by atoms with van der Waals surface area (Å²) in [5, 5.41) is 7.25. The average molecular weight is 378 g/mol. The van der Waals surface area contributed by atoms with E-state index in [4.69, 9.17) is 9.26 Å². The summed E-state index contributed by atoms with van der Waals surface area (Å²) in [4.78, 5) is 17.6. The summed E-state index contributed by atoms with van der Waals surface area (Å²) in [6.45, 7) is 2.73. The first kappa shape index (κ1) is 18.0. The molecule has 0 unspecified atom stereocenters. The minimum atomic E-state index is 0.171. The molecule has 1 aliphatic heterocycles. The van der Waals surface area contributed by atoms with Crippen molar-refractivity contribution in [1.82, 2.24) is 10.1 Å². The van der Waals surface area contributed by atoms with Crippen LogP contribution in [0.2, 0.25) is 0 Å². The molecule has 7 nitrogen and oxygen atoms in total. The Morgan fingerprint density at radius 1 is 1.18 bits per heavy atom. The van der Waals surface area contributed by atoms with E-state index in [9.17, 15) is 4.79 Å². The molecule has 0 atom stereocenters. The molecule has 0 bridgehead atoms. The quantitative estimate of drug-likeness (QED) is 0.707. The standard InChI is InChI=1S/C21H22N4O3/c1-14-23-20(24-28-14)13-27-18-7-3-15(4-8-18)12-22-17-6-9-19-16(11-17)5-10-21(26)25(19)2/h3-4,6-9,11,22H,5,10,12-13H2,1-2H3. The molecule has 0 saturated heterocycles. The normalized spacial score (nSPS) is 13.4. The van der Waals surface area contributed by atoms with Gasteiger partial charge in [-0.1, -0.05) is 17.3 Å². The highest BCUT2D eigenvalue weighted by atomic mass is 16.5. The number of hydrogen-bond acceptors (Lipinski definition) is 6. The van der Waals surface area contributed by atoms with Crippen molar-refractivity contribution < 1.29 is 14.1 Å². The summed E-state index contributed by atoms with van der Waals surface area (Å²) < 4.78 is 10.6. The fraction of sp³-hybridized carbons (Fsp3) is 0.286. The molecule has 1 aromatic heterocycles. The zero-order chi connectivity index (χ0) is 19.5. The van der Waals surface area contributed by atoms with Gasteiger partial charge in [0, 0.05) is 38.3 Å². The molecule has 0 spiro atoms. The average Bonchev–Trinajstić information content (AvgIpc) is 3.13. The van der Waals surface area contributed by atoms with Gasteiger partial charge in [-0.2, -0.15) is 4.98 Å². The first-order valence-electron chi connectivity index (χ1n) is 9.23. The minimum Gasteiger partial charge on any atom is -0.485 e. The molecule has 0 radical (unpaired) electrons. The third kappa shape index (κ3) is 3.98. The van der Waals surface area contributed by atoms with E-state index in [1.165, 1.54) is 5.56 Å². The van der Waals surface area contributed by atoms with E-state index in [2.05, 4.69) is 21.5 Å². The van der Waals surface area contributed by atoms with Crippen LogP contribution < -0.4 is 15.0 Å². The van der Waals surface area contributed by atoms with Crippen LogP contribution in [0, 0.1) is 6.92 Å². The first-order valence-corrected chi connectivity index (χ1v) is 9.23. The van der Waals surface area contributed by atoms with Crippen molar-refractivity contribution in [3.63, 3.8) is 0 Å². The maximum absolute atomic E-state index is 11.8. The highest BCUT2D eigenvalue weighted by Gasteiger charge is 2.20. The fourth-order valence-electron chi connectivity index (χ4n) is 3.22. The fourth-order valence-corrected chi connectivity index (χ4v) is 3.22. The number of nitrogens with zero attached hydrogens (tertiary/aromatic N) is 3. The van der Waals surface area contributed by atoms with Crippen molar-refractivity contribution in [1.29, 1.82) is 0 Å². The van der Waals surface area contributed by atoms with E-state index in [1.807, 2.05) is 43.4 Å². The third-order valence-electron chi connectivity index (χ3n) is 4.78. The van der Waals surface area contributed by atoms with Gasteiger partial charge in [-0.15, -0.1) is 0 Å². The monoisotopic (exact) mass is 378 g/mol. The number of aromatic nitrogens is 2. The lowest BCUT2D eigenvalue weighted by Crippen LogP contribution is -2.31. The molecule has 1 N–H and O–H groups in total. The van der Waals surface area contributed by atoms with Gasteiger partial charge < -0.3 is 19.5 Å². The molecular weight excluding hydrogens is 356 g/mol. The summed E-state index contributed by atoms with van der Waals surface area (Å²) in [6, 6.07) is 14.0. The van der Waals surface area contributed by atoms with E-state index in [0.29, 0.717) is 24.7 Å². The minimum absolute atomic E-state index is 0.171. The van der Waals surface area contributed by atoms with E-state index < -0.39 is 0 Å². The van der Waals surface area contributed by atoms with Gasteiger partial charge in [0.2, 0.25) is 17.6 Å². The molecule has 0 aliphatic carbocycles. The van der Waals surface area contributed by atoms with Crippen molar-refractivity contribution in [2.45, 2.75) is 32.9 Å². The second-order valence-electron chi connectivity index (χ2n) is 6.81. The molecule has 1 amide bonds. The summed E-state index contributed by atoms with van der Waals surface area (Å²) in [5.41, 5.74) is 4.40. The van der Waals surface area contributed by atoms with Gasteiger partial charge in [-0.25, -0.2) is 0 Å². The van der Waals surface area contributed by atoms with Crippen LogP contribution in [-0.4, -0.2) is 23.1 Å². The Hall–Kier alpha value is -3.35. The number of anilines is 2. The van der Waals surface area contributed by atoms with Gasteiger partial charge in [0.05, 0.1) is 0 Å². The Morgan fingerprint density at radius 2 is 2.00 bits per heavy atom. The summed E-state index contributed by atoms with van der Waals surface area (Å²) in [5.74, 6) is 1.99. The van der Waals surface area contributed by atoms with Gasteiger partial charge in [0.25, 0.3) is 0 Å². The zero-order valence-electron chi connectivity index (χ0n) is 15.9. The highest BCUT2D eigenvalue weighted by Crippen LogP contribution is 2.29. The molecule has 0 saturated carbocycles. The van der Waals surface area contributed by atoms with Crippen LogP contribution in [0.4, 0.5) is 11.4 Å². The first-order chi connectivity index (χ1) is 13.6. The Kier molecular flexibility index (Phi) is 4.97. The molecule has 0 fully saturated rings. The Morgan fingerprint density at radius 3 is 2.75 bits per heavy atom. The molecule has 2 heterocycles. The van der Waals surface area contributed by atoms with Crippen molar-refractivity contribution in [2.75, 3.05) is 17.3 Å². The topological polar surface area (TPSA) is 80.5 Å². The van der Waals surface area contributed by atoms with E-state index in [1.54, 1.807) is 11.8 Å². The van der Waals surface area contributed by atoms with E-state index >= 15 is 0 Å².